The summed E-state index contributed by atoms with van der Waals surface area (Å²) < 4.78 is 33.4. The van der Waals surface area contributed by atoms with Crippen LogP contribution in [0.4, 0.5) is 4.79 Å². The number of halogens is 2. The van der Waals surface area contributed by atoms with Crippen LogP contribution >= 0.6 is 23.2 Å². The van der Waals surface area contributed by atoms with E-state index in [1.165, 1.54) is 42.0 Å². The van der Waals surface area contributed by atoms with Crippen molar-refractivity contribution in [3.05, 3.63) is 153 Å². The molecule has 4 heterocycles. The fraction of sp³-hybridized carbons (Fsp3) is 0.392. The van der Waals surface area contributed by atoms with E-state index in [-0.39, 0.29) is 16.9 Å². The van der Waals surface area contributed by atoms with E-state index < -0.39 is 15.8 Å². The molecule has 2 N–H and O–H groups in total. The summed E-state index contributed by atoms with van der Waals surface area (Å²) in [5, 5.41) is 16.5. The molecule has 14 heteroatoms. The quantitative estimate of drug-likeness (QED) is 0.140. The summed E-state index contributed by atoms with van der Waals surface area (Å²) in [4.78, 5) is 14.5. The molecule has 0 spiro atoms. The molecule has 2 saturated heterocycles. The van der Waals surface area contributed by atoms with Crippen LogP contribution in [0, 0.1) is 0 Å². The summed E-state index contributed by atoms with van der Waals surface area (Å²) in [5.74, 6) is 0. The van der Waals surface area contributed by atoms with E-state index >= 15 is 0 Å². The number of H-pyrrole nitrogens is 1. The van der Waals surface area contributed by atoms with Crippen molar-refractivity contribution in [2.24, 2.45) is 0 Å². The van der Waals surface area contributed by atoms with Crippen molar-refractivity contribution >= 4 is 39.5 Å². The molecule has 6 aromatic rings. The first kappa shape index (κ1) is 48.0. The van der Waals surface area contributed by atoms with Gasteiger partial charge in [-0.3, -0.25) is 5.10 Å². The Balaban J connectivity index is 0.000000209. The van der Waals surface area contributed by atoms with Crippen molar-refractivity contribution in [1.82, 2.24) is 33.9 Å². The van der Waals surface area contributed by atoms with Gasteiger partial charge >= 0.3 is 16.3 Å². The first-order chi connectivity index (χ1) is 31.0. The van der Waals surface area contributed by atoms with Crippen molar-refractivity contribution in [2.75, 3.05) is 40.3 Å². The van der Waals surface area contributed by atoms with Gasteiger partial charge in [0, 0.05) is 64.9 Å². The number of aromatic nitrogens is 4. The fourth-order valence-corrected chi connectivity index (χ4v) is 10.6. The molecule has 1 amide bonds. The van der Waals surface area contributed by atoms with Gasteiger partial charge in [0.05, 0.1) is 18.1 Å². The van der Waals surface area contributed by atoms with Gasteiger partial charge in [0.2, 0.25) is 0 Å². The maximum Gasteiger partial charge on any atom is 0.410 e. The average Bonchev–Trinajstić information content (AvgIpc) is 3.98. The van der Waals surface area contributed by atoms with Crippen LogP contribution in [0.3, 0.4) is 0 Å². The second-order valence-electron chi connectivity index (χ2n) is 18.2. The number of benzene rings is 4. The normalized spacial score (nSPS) is 16.2. The molecule has 0 unspecified atom stereocenters. The van der Waals surface area contributed by atoms with E-state index in [2.05, 4.69) is 88.2 Å². The maximum absolute atomic E-state index is 12.8. The third-order valence-corrected chi connectivity index (χ3v) is 15.1. The molecule has 0 atom stereocenters. The standard InChI is InChI=1S/C29H37ClN4O4S.C22H24ClN3/c1-7-26-25(20-31-34(26)39(36,37)32(5)6)21-8-10-22(11-9-21)29(23-12-14-24(30)15-13-23)16-18-33(19-17-29)27(35)38-28(2,3)4;1-2-21-20(15-25-26-21)16-3-5-17(6-4-16)22(11-13-24-14-12-22)18-7-9-19(23)10-8-18/h8-15,20H,7,16-19H2,1-6H3;3-10,15,24H,2,11-14H2,1H3,(H,25,26). The van der Waals surface area contributed by atoms with Gasteiger partial charge in [0.1, 0.15) is 5.60 Å². The number of aryl methyl sites for hydroxylation is 1. The maximum atomic E-state index is 12.8. The molecule has 11 nitrogen and oxygen atoms in total. The van der Waals surface area contributed by atoms with E-state index in [4.69, 9.17) is 27.9 Å². The number of nitrogens with zero attached hydrogens (tertiary/aromatic N) is 5. The molecular weight excluding hydrogens is 878 g/mol. The van der Waals surface area contributed by atoms with Gasteiger partial charge in [-0.15, -0.1) is 4.09 Å². The smallest absolute Gasteiger partial charge is 0.410 e. The molecule has 2 fully saturated rings. The molecule has 4 aromatic carbocycles. The Labute approximate surface area is 394 Å². The molecule has 0 bridgehead atoms. The summed E-state index contributed by atoms with van der Waals surface area (Å²) in [6.45, 7) is 12.9. The lowest BCUT2D eigenvalue weighted by molar-refractivity contribution is 0.0180. The number of amides is 1. The zero-order chi connectivity index (χ0) is 46.6. The number of aromatic amines is 1. The molecule has 0 saturated carbocycles. The van der Waals surface area contributed by atoms with Crippen LogP contribution in [0.15, 0.2) is 109 Å². The van der Waals surface area contributed by atoms with Crippen molar-refractivity contribution in [1.29, 1.82) is 0 Å². The zero-order valence-corrected chi connectivity index (χ0v) is 40.8. The highest BCUT2D eigenvalue weighted by atomic mass is 35.5. The lowest BCUT2D eigenvalue weighted by atomic mass is 9.68. The number of piperidine rings is 2. The summed E-state index contributed by atoms with van der Waals surface area (Å²) in [5.41, 5.74) is 10.1. The van der Waals surface area contributed by atoms with Crippen LogP contribution < -0.4 is 5.32 Å². The molecule has 0 aliphatic carbocycles. The fourth-order valence-electron chi connectivity index (χ4n) is 9.32. The van der Waals surface area contributed by atoms with Crippen LogP contribution in [-0.4, -0.2) is 89.0 Å². The topological polar surface area (TPSA) is 125 Å². The van der Waals surface area contributed by atoms with Crippen LogP contribution in [0.2, 0.25) is 10.0 Å². The van der Waals surface area contributed by atoms with Gasteiger partial charge in [-0.2, -0.15) is 22.9 Å². The van der Waals surface area contributed by atoms with Gasteiger partial charge in [0.15, 0.2) is 0 Å². The van der Waals surface area contributed by atoms with E-state index in [1.807, 2.05) is 70.3 Å². The predicted octanol–water partition coefficient (Wildman–Crippen LogP) is 10.7. The minimum absolute atomic E-state index is 0.0539. The Morgan fingerprint density at radius 2 is 1.17 bits per heavy atom. The number of carbonyl (C=O) groups excluding carboxylic acids is 1. The molecule has 2 aromatic heterocycles. The Morgan fingerprint density at radius 3 is 1.62 bits per heavy atom. The first-order valence-corrected chi connectivity index (χ1v) is 24.6. The number of hydrogen-bond donors (Lipinski definition) is 2. The third-order valence-electron chi connectivity index (χ3n) is 12.9. The second kappa shape index (κ2) is 19.9. The van der Waals surface area contributed by atoms with Crippen molar-refractivity contribution in [3.63, 3.8) is 0 Å². The third kappa shape index (κ3) is 10.2. The number of hydrogen-bond acceptors (Lipinski definition) is 7. The predicted molar refractivity (Wildman–Crippen MR) is 262 cm³/mol. The molecule has 65 heavy (non-hydrogen) atoms. The molecule has 0 radical (unpaired) electrons. The highest BCUT2D eigenvalue weighted by Gasteiger charge is 2.40. The molecule has 2 aliphatic heterocycles. The van der Waals surface area contributed by atoms with Crippen molar-refractivity contribution in [2.45, 2.75) is 89.6 Å². The van der Waals surface area contributed by atoms with E-state index in [0.717, 1.165) is 80.9 Å². The number of nitrogens with one attached hydrogen (secondary N) is 2. The monoisotopic (exact) mass is 937 g/mol. The van der Waals surface area contributed by atoms with E-state index in [1.54, 1.807) is 11.1 Å². The van der Waals surface area contributed by atoms with Crippen LogP contribution in [-0.2, 0) is 38.6 Å². The number of carbonyl (C=O) groups is 1. The van der Waals surface area contributed by atoms with Gasteiger partial charge in [-0.05, 0) is 130 Å². The molecule has 344 valence electrons. The minimum atomic E-state index is -3.72. The first-order valence-electron chi connectivity index (χ1n) is 22.5. The Kier molecular flexibility index (Phi) is 14.7. The molecule has 8 rings (SSSR count). The summed E-state index contributed by atoms with van der Waals surface area (Å²) in [7, 11) is -0.729. The van der Waals surface area contributed by atoms with Crippen molar-refractivity contribution in [3.8, 4) is 22.3 Å². The van der Waals surface area contributed by atoms with Crippen LogP contribution in [0.25, 0.3) is 22.3 Å². The van der Waals surface area contributed by atoms with E-state index in [0.29, 0.717) is 30.2 Å². The number of likely N-dealkylation sites (tertiary alicyclic amines) is 1. The Morgan fingerprint density at radius 1 is 0.708 bits per heavy atom. The summed E-state index contributed by atoms with van der Waals surface area (Å²) in [6, 6.07) is 33.6. The summed E-state index contributed by atoms with van der Waals surface area (Å²) in [6.07, 6.45) is 8.37. The van der Waals surface area contributed by atoms with Gasteiger partial charge < -0.3 is 15.0 Å². The summed E-state index contributed by atoms with van der Waals surface area (Å²) >= 11 is 12.3. The highest BCUT2D eigenvalue weighted by molar-refractivity contribution is 7.87. The molecular formula is C51H61Cl2N7O4S. The Hall–Kier alpha value is -4.98. The van der Waals surface area contributed by atoms with E-state index in [9.17, 15) is 13.2 Å². The molecule has 2 aliphatic rings. The number of ether oxygens (including phenoxy) is 1. The van der Waals surface area contributed by atoms with Gasteiger partial charge in [0.25, 0.3) is 0 Å². The largest absolute Gasteiger partial charge is 0.444 e. The average molecular weight is 939 g/mol. The highest BCUT2D eigenvalue weighted by Crippen LogP contribution is 2.44. The zero-order valence-electron chi connectivity index (χ0n) is 38.5. The SMILES string of the molecule is CCc1[nH]ncc1-c1ccc(C2(c3ccc(Cl)cc3)CCNCC2)cc1.CCc1c(-c2ccc(C3(c4ccc(Cl)cc4)CCN(C(=O)OC(C)(C)C)CC3)cc2)cnn1S(=O)(=O)N(C)C. The van der Waals surface area contributed by atoms with Crippen LogP contribution in [0.1, 0.15) is 93.9 Å². The van der Waals surface area contributed by atoms with Crippen molar-refractivity contribution < 1.29 is 17.9 Å². The lowest BCUT2D eigenvalue weighted by Crippen LogP contribution is -2.47. The number of rotatable bonds is 10. The van der Waals surface area contributed by atoms with Gasteiger partial charge in [-0.1, -0.05) is 110 Å². The van der Waals surface area contributed by atoms with Gasteiger partial charge in [-0.25, -0.2) is 4.79 Å². The second-order valence-corrected chi connectivity index (χ2v) is 21.0. The Bertz CT molecular complexity index is 2640. The lowest BCUT2D eigenvalue weighted by Gasteiger charge is -2.43. The van der Waals surface area contributed by atoms with Crippen LogP contribution in [0.5, 0.6) is 0 Å². The minimum Gasteiger partial charge on any atom is -0.444 e.